The maximum Gasteiger partial charge on any atom is 0.408 e. The van der Waals surface area contributed by atoms with Crippen LogP contribution >= 0.6 is 0 Å². The van der Waals surface area contributed by atoms with Crippen molar-refractivity contribution in [3.8, 4) is 11.8 Å². The van der Waals surface area contributed by atoms with E-state index in [9.17, 15) is 13.6 Å². The van der Waals surface area contributed by atoms with Gasteiger partial charge in [-0.15, -0.1) is 0 Å². The molecule has 3 aromatic rings. The van der Waals surface area contributed by atoms with Crippen LogP contribution in [0.2, 0.25) is 0 Å². The fourth-order valence-corrected chi connectivity index (χ4v) is 3.11. The van der Waals surface area contributed by atoms with Crippen LogP contribution in [0.1, 0.15) is 34.4 Å². The largest absolute Gasteiger partial charge is 0.439 e. The first-order valence-corrected chi connectivity index (χ1v) is 8.74. The number of rotatable bonds is 2. The van der Waals surface area contributed by atoms with Gasteiger partial charge in [0.05, 0.1) is 0 Å². The van der Waals surface area contributed by atoms with Crippen LogP contribution in [0.4, 0.5) is 19.3 Å². The highest BCUT2D eigenvalue weighted by atomic mass is 19.1. The number of aromatic nitrogens is 1. The number of carbonyl (C=O) groups excluding carboxylic acids is 1. The molecule has 1 amide bonds. The number of nitrogen functional groups attached to an aromatic ring is 1. The third kappa shape index (κ3) is 4.01. The molecule has 5 nitrogen and oxygen atoms in total. The summed E-state index contributed by atoms with van der Waals surface area (Å²) < 4.78 is 33.0. The number of hydrogen-bond donors (Lipinski definition) is 2. The number of pyridine rings is 1. The van der Waals surface area contributed by atoms with E-state index in [4.69, 9.17) is 10.5 Å². The first-order valence-electron chi connectivity index (χ1n) is 8.74. The molecule has 0 spiro atoms. The molecule has 1 aliphatic rings. The Balaban J connectivity index is 1.66. The van der Waals surface area contributed by atoms with Crippen molar-refractivity contribution in [1.29, 1.82) is 0 Å². The minimum atomic E-state index is -1.03. The molecule has 1 saturated heterocycles. The molecule has 0 bridgehead atoms. The zero-order chi connectivity index (χ0) is 20.4. The number of alkyl carbamates (subject to hydrolysis) is 1. The maximum absolute atomic E-state index is 14.2. The Kier molecular flexibility index (Phi) is 4.83. The number of nitrogens with one attached hydrogen (secondary N) is 1. The van der Waals surface area contributed by atoms with Gasteiger partial charge in [0.25, 0.3) is 0 Å². The Labute approximate surface area is 165 Å². The number of nitrogens with two attached hydrogens (primary N) is 1. The number of halogens is 2. The molecule has 3 N–H and O–H groups in total. The average molecular weight is 391 g/mol. The van der Waals surface area contributed by atoms with E-state index in [1.165, 1.54) is 6.20 Å². The van der Waals surface area contributed by atoms with Gasteiger partial charge in [-0.3, -0.25) is 4.98 Å². The van der Waals surface area contributed by atoms with Crippen molar-refractivity contribution in [3.05, 3.63) is 94.8 Å². The molecular weight excluding hydrogens is 376 g/mol. The van der Waals surface area contributed by atoms with E-state index < -0.39 is 29.9 Å². The van der Waals surface area contributed by atoms with Crippen molar-refractivity contribution in [3.63, 3.8) is 0 Å². The molecule has 1 fully saturated rings. The maximum atomic E-state index is 14.2. The number of benzene rings is 2. The van der Waals surface area contributed by atoms with Crippen molar-refractivity contribution in [2.75, 3.05) is 5.73 Å². The minimum absolute atomic E-state index is 0.0513. The summed E-state index contributed by atoms with van der Waals surface area (Å²) in [5.41, 5.74) is 8.19. The number of hydrogen-bond acceptors (Lipinski definition) is 4. The number of carbonyl (C=O) groups is 1. The van der Waals surface area contributed by atoms with Gasteiger partial charge in [-0.25, -0.2) is 13.6 Å². The quantitative estimate of drug-likeness (QED) is 0.514. The van der Waals surface area contributed by atoms with Crippen molar-refractivity contribution >= 4 is 11.8 Å². The summed E-state index contributed by atoms with van der Waals surface area (Å²) in [5, 5.41) is 2.62. The highest BCUT2D eigenvalue weighted by molar-refractivity contribution is 5.71. The molecule has 0 saturated carbocycles. The average Bonchev–Trinajstić information content (AvgIpc) is 3.10. The summed E-state index contributed by atoms with van der Waals surface area (Å²) in [6, 6.07) is 11.2. The van der Waals surface area contributed by atoms with E-state index in [0.717, 1.165) is 23.8 Å². The van der Waals surface area contributed by atoms with Gasteiger partial charge in [0.1, 0.15) is 17.7 Å². The van der Waals surface area contributed by atoms with Gasteiger partial charge < -0.3 is 15.8 Å². The van der Waals surface area contributed by atoms with Gasteiger partial charge in [0.15, 0.2) is 6.10 Å². The summed E-state index contributed by atoms with van der Waals surface area (Å²) in [7, 11) is 0. The fraction of sp³-hybridized carbons (Fsp3) is 0.0909. The van der Waals surface area contributed by atoms with Crippen LogP contribution in [-0.2, 0) is 4.74 Å². The van der Waals surface area contributed by atoms with Crippen molar-refractivity contribution in [1.82, 2.24) is 10.3 Å². The van der Waals surface area contributed by atoms with Crippen LogP contribution in [0.15, 0.2) is 60.9 Å². The standard InChI is InChI=1S/C22H15F2N3O2/c23-16-6-7-19(24)18(10-16)21-20(27-22(28)29-21)15-8-14(11-26-12-15)5-4-13-2-1-3-17(25)9-13/h1-3,6-12,20-21H,25H2,(H,27,28)/t20-,21-/m1/s1. The van der Waals surface area contributed by atoms with Crippen LogP contribution in [0, 0.1) is 23.5 Å². The van der Waals surface area contributed by atoms with E-state index in [-0.39, 0.29) is 5.56 Å². The van der Waals surface area contributed by atoms with Crippen LogP contribution in [0.25, 0.3) is 0 Å². The van der Waals surface area contributed by atoms with E-state index in [1.54, 1.807) is 30.5 Å². The van der Waals surface area contributed by atoms with Gasteiger partial charge in [-0.1, -0.05) is 17.9 Å². The Hall–Kier alpha value is -3.92. The third-order valence-electron chi connectivity index (χ3n) is 4.43. The van der Waals surface area contributed by atoms with Gasteiger partial charge in [-0.2, -0.15) is 0 Å². The molecule has 0 unspecified atom stereocenters. The second kappa shape index (κ2) is 7.60. The summed E-state index contributed by atoms with van der Waals surface area (Å²) in [6.07, 6.45) is 1.34. The van der Waals surface area contributed by atoms with E-state index in [2.05, 4.69) is 22.1 Å². The van der Waals surface area contributed by atoms with Crippen LogP contribution in [-0.4, -0.2) is 11.1 Å². The molecule has 7 heteroatoms. The van der Waals surface area contributed by atoms with Crippen LogP contribution < -0.4 is 11.1 Å². The lowest BCUT2D eigenvalue weighted by Gasteiger charge is -2.18. The molecule has 0 radical (unpaired) electrons. The van der Waals surface area contributed by atoms with Crippen molar-refractivity contribution in [2.24, 2.45) is 0 Å². The highest BCUT2D eigenvalue weighted by Gasteiger charge is 2.38. The smallest absolute Gasteiger partial charge is 0.408 e. The lowest BCUT2D eigenvalue weighted by molar-refractivity contribution is 0.130. The highest BCUT2D eigenvalue weighted by Crippen LogP contribution is 2.37. The SMILES string of the molecule is Nc1cccc(C#Cc2cncc([C@H]3NC(=O)O[C@@H]3c3cc(F)ccc3F)c2)c1. The third-order valence-corrected chi connectivity index (χ3v) is 4.43. The predicted octanol–water partition coefficient (Wildman–Crippen LogP) is 3.86. The molecule has 0 aliphatic carbocycles. The zero-order valence-corrected chi connectivity index (χ0v) is 15.0. The fourth-order valence-electron chi connectivity index (χ4n) is 3.11. The first kappa shape index (κ1) is 18.4. The molecule has 2 heterocycles. The number of nitrogens with zero attached hydrogens (tertiary/aromatic N) is 1. The Morgan fingerprint density at radius 2 is 1.86 bits per heavy atom. The number of amides is 1. The predicted molar refractivity (Wildman–Crippen MR) is 103 cm³/mol. The molecule has 4 rings (SSSR count). The van der Waals surface area contributed by atoms with Crippen LogP contribution in [0.5, 0.6) is 0 Å². The van der Waals surface area contributed by atoms with E-state index in [0.29, 0.717) is 16.8 Å². The van der Waals surface area contributed by atoms with Gasteiger partial charge in [0.2, 0.25) is 0 Å². The normalized spacial score (nSPS) is 17.8. The topological polar surface area (TPSA) is 77.2 Å². The molecule has 2 aromatic carbocycles. The van der Waals surface area contributed by atoms with E-state index >= 15 is 0 Å². The summed E-state index contributed by atoms with van der Waals surface area (Å²) >= 11 is 0. The number of anilines is 1. The monoisotopic (exact) mass is 391 g/mol. The lowest BCUT2D eigenvalue weighted by atomic mass is 9.96. The summed E-state index contributed by atoms with van der Waals surface area (Å²) in [4.78, 5) is 16.0. The number of cyclic esters (lactones) is 1. The molecule has 2 atom stereocenters. The van der Waals surface area contributed by atoms with Gasteiger partial charge in [0, 0.05) is 34.8 Å². The minimum Gasteiger partial charge on any atom is -0.439 e. The van der Waals surface area contributed by atoms with Gasteiger partial charge in [-0.05, 0) is 48.0 Å². The molecule has 1 aliphatic heterocycles. The first-order chi connectivity index (χ1) is 14.0. The summed E-state index contributed by atoms with van der Waals surface area (Å²) in [6.45, 7) is 0. The molecular formula is C22H15F2N3O2. The summed E-state index contributed by atoms with van der Waals surface area (Å²) in [5.74, 6) is 4.69. The Bertz CT molecular complexity index is 1150. The molecule has 29 heavy (non-hydrogen) atoms. The molecule has 144 valence electrons. The molecule has 1 aromatic heterocycles. The van der Waals surface area contributed by atoms with Crippen molar-refractivity contribution in [2.45, 2.75) is 12.1 Å². The van der Waals surface area contributed by atoms with Gasteiger partial charge >= 0.3 is 6.09 Å². The van der Waals surface area contributed by atoms with Crippen molar-refractivity contribution < 1.29 is 18.3 Å². The number of ether oxygens (including phenoxy) is 1. The zero-order valence-electron chi connectivity index (χ0n) is 15.0. The Morgan fingerprint density at radius 3 is 2.69 bits per heavy atom. The van der Waals surface area contributed by atoms with E-state index in [1.807, 2.05) is 6.07 Å². The Morgan fingerprint density at radius 1 is 1.03 bits per heavy atom. The van der Waals surface area contributed by atoms with Crippen LogP contribution in [0.3, 0.4) is 0 Å². The lowest BCUT2D eigenvalue weighted by Crippen LogP contribution is -2.20. The second-order valence-corrected chi connectivity index (χ2v) is 6.50. The second-order valence-electron chi connectivity index (χ2n) is 6.50.